The highest BCUT2D eigenvalue weighted by atomic mass is 32.2. The molecule has 2 nitrogen and oxygen atoms in total. The lowest BCUT2D eigenvalue weighted by Gasteiger charge is -2.31. The van der Waals surface area contributed by atoms with Gasteiger partial charge < -0.3 is 9.47 Å². The Balaban J connectivity index is 1.70. The van der Waals surface area contributed by atoms with E-state index in [0.29, 0.717) is 25.2 Å². The highest BCUT2D eigenvalue weighted by Crippen LogP contribution is 2.44. The van der Waals surface area contributed by atoms with E-state index in [1.54, 1.807) is 6.92 Å². The summed E-state index contributed by atoms with van der Waals surface area (Å²) in [6.07, 6.45) is -1.79. The molecule has 0 aliphatic carbocycles. The Labute approximate surface area is 185 Å². The monoisotopic (exact) mass is 456 g/mol. The van der Waals surface area contributed by atoms with E-state index in [4.69, 9.17) is 9.47 Å². The van der Waals surface area contributed by atoms with Crippen LogP contribution in [0.15, 0.2) is 41.3 Å². The number of benzene rings is 2. The minimum atomic E-state index is -4.74. The number of rotatable bonds is 8. The summed E-state index contributed by atoms with van der Waals surface area (Å²) in [6, 6.07) is 10.5. The van der Waals surface area contributed by atoms with Crippen LogP contribution in [0.3, 0.4) is 0 Å². The molecule has 1 heterocycles. The molecule has 2 aromatic rings. The number of unbranched alkanes of at least 4 members (excludes halogenated alkanes) is 1. The molecule has 1 aliphatic heterocycles. The van der Waals surface area contributed by atoms with Gasteiger partial charge in [-0.1, -0.05) is 38.5 Å². The number of hydrogen-bond acceptors (Lipinski definition) is 3. The van der Waals surface area contributed by atoms with Crippen molar-refractivity contribution in [3.63, 3.8) is 0 Å². The second-order valence-electron chi connectivity index (χ2n) is 7.64. The predicted octanol–water partition coefficient (Wildman–Crippen LogP) is 7.77. The molecule has 3 rings (SSSR count). The van der Waals surface area contributed by atoms with Gasteiger partial charge in [-0.2, -0.15) is 13.2 Å². The van der Waals surface area contributed by atoms with Crippen molar-refractivity contribution in [2.45, 2.75) is 62.6 Å². The SMILES string of the molecule is CCCCOc1ccc(C2CCC(c3ccc(SCC)c(F)c3C(F)(F)F)CO2)cc1. The summed E-state index contributed by atoms with van der Waals surface area (Å²) in [4.78, 5) is 0.0365. The zero-order valence-corrected chi connectivity index (χ0v) is 18.6. The van der Waals surface area contributed by atoms with Gasteiger partial charge in [-0.05, 0) is 54.3 Å². The Morgan fingerprint density at radius 2 is 1.81 bits per heavy atom. The quantitative estimate of drug-likeness (QED) is 0.230. The van der Waals surface area contributed by atoms with Gasteiger partial charge in [0.1, 0.15) is 11.6 Å². The van der Waals surface area contributed by atoms with Gasteiger partial charge in [0.05, 0.1) is 24.9 Å². The highest BCUT2D eigenvalue weighted by molar-refractivity contribution is 7.99. The van der Waals surface area contributed by atoms with Crippen LogP contribution in [-0.4, -0.2) is 19.0 Å². The second-order valence-corrected chi connectivity index (χ2v) is 8.95. The maximum absolute atomic E-state index is 14.7. The van der Waals surface area contributed by atoms with E-state index in [0.717, 1.165) is 35.9 Å². The number of thioether (sulfide) groups is 1. The third-order valence-corrected chi connectivity index (χ3v) is 6.37. The molecule has 0 aromatic heterocycles. The standard InChI is InChI=1S/C24H28F4O2S/c1-3-5-14-29-18-9-6-16(7-10-18)20-12-8-17(15-30-20)19-11-13-21(31-4-2)23(25)22(19)24(26,27)28/h6-7,9-11,13,17,20H,3-5,8,12,14-15H2,1-2H3. The predicted molar refractivity (Wildman–Crippen MR) is 115 cm³/mol. The lowest BCUT2D eigenvalue weighted by atomic mass is 9.86. The molecule has 0 amide bonds. The van der Waals surface area contributed by atoms with Crippen LogP contribution >= 0.6 is 11.8 Å². The van der Waals surface area contributed by atoms with Crippen LogP contribution in [0.25, 0.3) is 0 Å². The summed E-state index contributed by atoms with van der Waals surface area (Å²) in [7, 11) is 0. The Bertz CT molecular complexity index is 844. The molecule has 2 atom stereocenters. The first-order chi connectivity index (χ1) is 14.8. The molecule has 2 unspecified atom stereocenters. The van der Waals surface area contributed by atoms with Crippen molar-refractivity contribution >= 4 is 11.8 Å². The molecule has 0 spiro atoms. The van der Waals surface area contributed by atoms with E-state index in [1.165, 1.54) is 12.1 Å². The first-order valence-electron chi connectivity index (χ1n) is 10.7. The molecule has 170 valence electrons. The molecular formula is C24H28F4O2S. The van der Waals surface area contributed by atoms with E-state index in [1.807, 2.05) is 24.3 Å². The maximum Gasteiger partial charge on any atom is 0.419 e. The number of ether oxygens (including phenoxy) is 2. The molecular weight excluding hydrogens is 428 g/mol. The van der Waals surface area contributed by atoms with E-state index in [2.05, 4.69) is 6.92 Å². The van der Waals surface area contributed by atoms with Crippen LogP contribution in [0, 0.1) is 5.82 Å². The van der Waals surface area contributed by atoms with Crippen LogP contribution in [0.4, 0.5) is 17.6 Å². The summed E-state index contributed by atoms with van der Waals surface area (Å²) >= 11 is 1.08. The Kier molecular flexibility index (Phi) is 8.28. The topological polar surface area (TPSA) is 18.5 Å². The molecule has 0 bridgehead atoms. The third kappa shape index (κ3) is 5.95. The molecule has 31 heavy (non-hydrogen) atoms. The fraction of sp³-hybridized carbons (Fsp3) is 0.500. The summed E-state index contributed by atoms with van der Waals surface area (Å²) in [6.45, 7) is 4.68. The minimum absolute atomic E-state index is 0.0106. The average molecular weight is 457 g/mol. The van der Waals surface area contributed by atoms with E-state index in [-0.39, 0.29) is 23.2 Å². The smallest absolute Gasteiger partial charge is 0.419 e. The number of hydrogen-bond donors (Lipinski definition) is 0. The van der Waals surface area contributed by atoms with E-state index >= 15 is 0 Å². The Morgan fingerprint density at radius 3 is 2.39 bits per heavy atom. The Morgan fingerprint density at radius 1 is 1.06 bits per heavy atom. The minimum Gasteiger partial charge on any atom is -0.494 e. The highest BCUT2D eigenvalue weighted by Gasteiger charge is 2.40. The molecule has 0 radical (unpaired) electrons. The maximum atomic E-state index is 14.7. The first-order valence-corrected chi connectivity index (χ1v) is 11.7. The largest absolute Gasteiger partial charge is 0.494 e. The summed E-state index contributed by atoms with van der Waals surface area (Å²) in [5, 5.41) is 0. The number of halogens is 4. The van der Waals surface area contributed by atoms with Crippen molar-refractivity contribution in [1.82, 2.24) is 0 Å². The van der Waals surface area contributed by atoms with Crippen LogP contribution in [0.1, 0.15) is 68.2 Å². The molecule has 7 heteroatoms. The van der Waals surface area contributed by atoms with Crippen molar-refractivity contribution in [3.8, 4) is 5.75 Å². The molecule has 1 fully saturated rings. The summed E-state index contributed by atoms with van der Waals surface area (Å²) in [5.74, 6) is -0.358. The van der Waals surface area contributed by atoms with Gasteiger partial charge >= 0.3 is 6.18 Å². The fourth-order valence-electron chi connectivity index (χ4n) is 3.84. The molecule has 1 saturated heterocycles. The lowest BCUT2D eigenvalue weighted by Crippen LogP contribution is -2.23. The molecule has 2 aromatic carbocycles. The van der Waals surface area contributed by atoms with Crippen LogP contribution < -0.4 is 4.74 Å². The zero-order chi connectivity index (χ0) is 22.4. The van der Waals surface area contributed by atoms with Crippen LogP contribution in [0.5, 0.6) is 5.75 Å². The van der Waals surface area contributed by atoms with Crippen molar-refractivity contribution < 1.29 is 27.0 Å². The van der Waals surface area contributed by atoms with E-state index < -0.39 is 23.5 Å². The molecule has 1 aliphatic rings. The van der Waals surface area contributed by atoms with Crippen molar-refractivity contribution in [2.24, 2.45) is 0 Å². The normalized spacial score (nSPS) is 19.4. The van der Waals surface area contributed by atoms with Crippen molar-refractivity contribution in [2.75, 3.05) is 19.0 Å². The van der Waals surface area contributed by atoms with Gasteiger partial charge in [-0.15, -0.1) is 11.8 Å². The molecule has 0 saturated carbocycles. The van der Waals surface area contributed by atoms with E-state index in [9.17, 15) is 17.6 Å². The van der Waals surface area contributed by atoms with Gasteiger partial charge in [0, 0.05) is 10.8 Å². The van der Waals surface area contributed by atoms with Gasteiger partial charge in [-0.25, -0.2) is 4.39 Å². The van der Waals surface area contributed by atoms with Crippen LogP contribution in [0.2, 0.25) is 0 Å². The second kappa shape index (κ2) is 10.7. The third-order valence-electron chi connectivity index (χ3n) is 5.46. The van der Waals surface area contributed by atoms with Gasteiger partial charge in [0.2, 0.25) is 0 Å². The number of alkyl halides is 3. The molecule has 0 N–H and O–H groups in total. The lowest BCUT2D eigenvalue weighted by molar-refractivity contribution is -0.141. The van der Waals surface area contributed by atoms with Gasteiger partial charge in [0.15, 0.2) is 0 Å². The van der Waals surface area contributed by atoms with Crippen molar-refractivity contribution in [1.29, 1.82) is 0 Å². The summed E-state index contributed by atoms with van der Waals surface area (Å²) in [5.41, 5.74) is -0.187. The zero-order valence-electron chi connectivity index (χ0n) is 17.8. The fourth-order valence-corrected chi connectivity index (χ4v) is 4.54. The summed E-state index contributed by atoms with van der Waals surface area (Å²) < 4.78 is 67.3. The Hall–Kier alpha value is -1.73. The van der Waals surface area contributed by atoms with Crippen LogP contribution in [-0.2, 0) is 10.9 Å². The average Bonchev–Trinajstić information content (AvgIpc) is 2.75. The van der Waals surface area contributed by atoms with Crippen molar-refractivity contribution in [3.05, 3.63) is 58.9 Å². The van der Waals surface area contributed by atoms with Gasteiger partial charge in [-0.3, -0.25) is 0 Å². The first kappa shape index (κ1) is 23.9. The van der Waals surface area contributed by atoms with Gasteiger partial charge in [0.25, 0.3) is 0 Å².